The largest absolute Gasteiger partial charge is 0.454 e. The first-order valence-corrected chi connectivity index (χ1v) is 3.47. The molecule has 0 bridgehead atoms. The summed E-state index contributed by atoms with van der Waals surface area (Å²) in [6, 6.07) is 3.45. The minimum Gasteiger partial charge on any atom is -0.454 e. The van der Waals surface area contributed by atoms with Crippen LogP contribution in [0.25, 0.3) is 6.08 Å². The minimum absolute atomic E-state index is 0.0410. The van der Waals surface area contributed by atoms with Crippen LogP contribution >= 0.6 is 0 Å². The van der Waals surface area contributed by atoms with Gasteiger partial charge in [0.2, 0.25) is 0 Å². The Morgan fingerprint density at radius 3 is 2.73 bits per heavy atom. The Balaban J connectivity index is 2.90. The molecule has 1 heterocycles. The van der Waals surface area contributed by atoms with Gasteiger partial charge in [0.05, 0.1) is 0 Å². The molecule has 0 saturated heterocycles. The molecule has 1 rings (SSSR count). The van der Waals surface area contributed by atoms with E-state index in [0.29, 0.717) is 5.76 Å². The number of furan rings is 1. The van der Waals surface area contributed by atoms with Crippen molar-refractivity contribution < 1.29 is 9.21 Å². The Kier molecular flexibility index (Phi) is 2.26. The molecule has 0 fully saturated rings. The molecule has 58 valence electrons. The molecule has 0 aliphatic rings. The molecule has 0 N–H and O–H groups in total. The lowest BCUT2D eigenvalue weighted by molar-refractivity contribution is 0.0987. The molecule has 1 aromatic rings. The van der Waals surface area contributed by atoms with Crippen LogP contribution in [0, 0.1) is 0 Å². The highest BCUT2D eigenvalue weighted by Crippen LogP contribution is 2.09. The Bertz CT molecular complexity index is 282. The van der Waals surface area contributed by atoms with Gasteiger partial charge in [0.25, 0.3) is 0 Å². The number of rotatable bonds is 2. The van der Waals surface area contributed by atoms with Crippen LogP contribution in [0.1, 0.15) is 30.2 Å². The van der Waals surface area contributed by atoms with E-state index in [9.17, 15) is 4.79 Å². The SMILES string of the molecule is C/C=C/c1ccc(C(C)=O)o1. The molecule has 11 heavy (non-hydrogen) atoms. The zero-order chi connectivity index (χ0) is 8.27. The van der Waals surface area contributed by atoms with E-state index in [-0.39, 0.29) is 5.78 Å². The number of allylic oxidation sites excluding steroid dienone is 1. The highest BCUT2D eigenvalue weighted by Gasteiger charge is 2.02. The molecule has 0 aliphatic carbocycles. The standard InChI is InChI=1S/C9H10O2/c1-3-4-8-5-6-9(11-8)7(2)10/h3-6H,1-2H3/b4-3+. The summed E-state index contributed by atoms with van der Waals surface area (Å²) >= 11 is 0. The number of carbonyl (C=O) groups is 1. The van der Waals surface area contributed by atoms with Crippen molar-refractivity contribution in [3.8, 4) is 0 Å². The van der Waals surface area contributed by atoms with Crippen molar-refractivity contribution in [2.75, 3.05) is 0 Å². The number of carbonyl (C=O) groups excluding carboxylic acids is 1. The molecule has 0 unspecified atom stereocenters. The molecule has 1 aromatic heterocycles. The lowest BCUT2D eigenvalue weighted by Crippen LogP contribution is -1.85. The molecule has 2 heteroatoms. The second kappa shape index (κ2) is 3.19. The average Bonchev–Trinajstić information content (AvgIpc) is 2.37. The summed E-state index contributed by atoms with van der Waals surface area (Å²) in [5.41, 5.74) is 0. The maximum absolute atomic E-state index is 10.7. The maximum Gasteiger partial charge on any atom is 0.194 e. The number of ketones is 1. The van der Waals surface area contributed by atoms with E-state index >= 15 is 0 Å². The van der Waals surface area contributed by atoms with Gasteiger partial charge < -0.3 is 4.42 Å². The highest BCUT2D eigenvalue weighted by atomic mass is 16.3. The smallest absolute Gasteiger partial charge is 0.194 e. The van der Waals surface area contributed by atoms with E-state index in [4.69, 9.17) is 4.42 Å². The fourth-order valence-corrected chi connectivity index (χ4v) is 0.796. The topological polar surface area (TPSA) is 30.2 Å². The summed E-state index contributed by atoms with van der Waals surface area (Å²) in [4.78, 5) is 10.7. The average molecular weight is 150 g/mol. The first kappa shape index (κ1) is 7.79. The van der Waals surface area contributed by atoms with Crippen LogP contribution in [0.3, 0.4) is 0 Å². The van der Waals surface area contributed by atoms with E-state index in [1.807, 2.05) is 19.1 Å². The van der Waals surface area contributed by atoms with Gasteiger partial charge in [-0.3, -0.25) is 4.79 Å². The summed E-state index contributed by atoms with van der Waals surface area (Å²) < 4.78 is 5.15. The van der Waals surface area contributed by atoms with Crippen molar-refractivity contribution >= 4 is 11.9 Å². The summed E-state index contributed by atoms with van der Waals surface area (Å²) in [7, 11) is 0. The molecule has 0 spiro atoms. The van der Waals surface area contributed by atoms with Crippen molar-refractivity contribution in [1.82, 2.24) is 0 Å². The van der Waals surface area contributed by atoms with E-state index in [1.165, 1.54) is 6.92 Å². The minimum atomic E-state index is -0.0410. The van der Waals surface area contributed by atoms with Crippen LogP contribution in [0.2, 0.25) is 0 Å². The maximum atomic E-state index is 10.7. The van der Waals surface area contributed by atoms with Gasteiger partial charge in [0, 0.05) is 6.92 Å². The number of hydrogen-bond donors (Lipinski definition) is 0. The number of Topliss-reactive ketones (excluding diaryl/α,β-unsaturated/α-hetero) is 1. The van der Waals surface area contributed by atoms with Gasteiger partial charge in [0.1, 0.15) is 5.76 Å². The van der Waals surface area contributed by atoms with Gasteiger partial charge in [0.15, 0.2) is 11.5 Å². The van der Waals surface area contributed by atoms with E-state index in [2.05, 4.69) is 0 Å². The molecule has 0 amide bonds. The summed E-state index contributed by atoms with van der Waals surface area (Å²) in [5.74, 6) is 1.09. The fourth-order valence-electron chi connectivity index (χ4n) is 0.796. The van der Waals surface area contributed by atoms with Gasteiger partial charge in [-0.15, -0.1) is 0 Å². The van der Waals surface area contributed by atoms with E-state index < -0.39 is 0 Å². The number of hydrogen-bond acceptors (Lipinski definition) is 2. The first-order valence-electron chi connectivity index (χ1n) is 3.47. The third-order valence-corrected chi connectivity index (χ3v) is 1.30. The van der Waals surface area contributed by atoms with Crippen LogP contribution in [0.4, 0.5) is 0 Å². The Morgan fingerprint density at radius 1 is 1.55 bits per heavy atom. The fraction of sp³-hybridized carbons (Fsp3) is 0.222. The quantitative estimate of drug-likeness (QED) is 0.606. The van der Waals surface area contributed by atoms with E-state index in [1.54, 1.807) is 12.1 Å². The summed E-state index contributed by atoms with van der Waals surface area (Å²) in [6.45, 7) is 3.38. The van der Waals surface area contributed by atoms with Crippen LogP contribution in [-0.4, -0.2) is 5.78 Å². The molecule has 0 aliphatic heterocycles. The molecule has 2 nitrogen and oxygen atoms in total. The molecule has 0 aromatic carbocycles. The van der Waals surface area contributed by atoms with Crippen molar-refractivity contribution in [1.29, 1.82) is 0 Å². The van der Waals surface area contributed by atoms with Crippen molar-refractivity contribution in [2.45, 2.75) is 13.8 Å². The molecule has 0 atom stereocenters. The van der Waals surface area contributed by atoms with Crippen LogP contribution in [-0.2, 0) is 0 Å². The van der Waals surface area contributed by atoms with Crippen LogP contribution in [0.15, 0.2) is 22.6 Å². The zero-order valence-electron chi connectivity index (χ0n) is 6.63. The molecule has 0 saturated carbocycles. The monoisotopic (exact) mass is 150 g/mol. The third kappa shape index (κ3) is 1.80. The Labute approximate surface area is 65.5 Å². The van der Waals surface area contributed by atoms with Gasteiger partial charge in [-0.25, -0.2) is 0 Å². The predicted molar refractivity (Wildman–Crippen MR) is 43.4 cm³/mol. The normalized spacial score (nSPS) is 10.7. The highest BCUT2D eigenvalue weighted by molar-refractivity contribution is 5.91. The van der Waals surface area contributed by atoms with Gasteiger partial charge in [-0.05, 0) is 25.1 Å². The second-order valence-corrected chi connectivity index (χ2v) is 2.26. The zero-order valence-corrected chi connectivity index (χ0v) is 6.63. The lowest BCUT2D eigenvalue weighted by atomic mass is 10.3. The third-order valence-electron chi connectivity index (χ3n) is 1.30. The van der Waals surface area contributed by atoms with Gasteiger partial charge in [-0.1, -0.05) is 6.08 Å². The second-order valence-electron chi connectivity index (χ2n) is 2.26. The Morgan fingerprint density at radius 2 is 2.27 bits per heavy atom. The van der Waals surface area contributed by atoms with Crippen LogP contribution < -0.4 is 0 Å². The van der Waals surface area contributed by atoms with Crippen LogP contribution in [0.5, 0.6) is 0 Å². The first-order chi connectivity index (χ1) is 5.24. The molecular formula is C9H10O2. The van der Waals surface area contributed by atoms with Crippen molar-refractivity contribution in [2.24, 2.45) is 0 Å². The predicted octanol–water partition coefficient (Wildman–Crippen LogP) is 2.52. The molecular weight excluding hydrogens is 140 g/mol. The molecule has 0 radical (unpaired) electrons. The summed E-state index contributed by atoms with van der Waals surface area (Å²) in [5, 5.41) is 0. The van der Waals surface area contributed by atoms with E-state index in [0.717, 1.165) is 5.76 Å². The summed E-state index contributed by atoms with van der Waals surface area (Å²) in [6.07, 6.45) is 3.68. The lowest BCUT2D eigenvalue weighted by Gasteiger charge is -1.84. The van der Waals surface area contributed by atoms with Gasteiger partial charge >= 0.3 is 0 Å². The van der Waals surface area contributed by atoms with Crippen molar-refractivity contribution in [3.63, 3.8) is 0 Å². The van der Waals surface area contributed by atoms with Gasteiger partial charge in [-0.2, -0.15) is 0 Å². The van der Waals surface area contributed by atoms with Crippen molar-refractivity contribution in [3.05, 3.63) is 29.7 Å². The Hall–Kier alpha value is -1.31.